The Labute approximate surface area is 171 Å². The Morgan fingerprint density at radius 3 is 2.52 bits per heavy atom. The van der Waals surface area contributed by atoms with Crippen LogP contribution in [0.5, 0.6) is 0 Å². The molecule has 1 heterocycles. The van der Waals surface area contributed by atoms with Crippen molar-refractivity contribution in [3.05, 3.63) is 70.8 Å². The topological polar surface area (TPSA) is 99.2 Å². The number of primary amides is 1. The lowest BCUT2D eigenvalue weighted by atomic mass is 9.89. The summed E-state index contributed by atoms with van der Waals surface area (Å²) in [4.78, 5) is 25.8. The second-order valence-electron chi connectivity index (χ2n) is 7.61. The van der Waals surface area contributed by atoms with Crippen molar-refractivity contribution in [2.75, 3.05) is 13.1 Å². The first kappa shape index (κ1) is 20.4. The molecule has 1 fully saturated rings. The van der Waals surface area contributed by atoms with Gasteiger partial charge in [-0.2, -0.15) is 5.26 Å². The van der Waals surface area contributed by atoms with E-state index in [1.807, 2.05) is 60.4 Å². The largest absolute Gasteiger partial charge is 0.352 e. The molecule has 0 saturated carbocycles. The van der Waals surface area contributed by atoms with Gasteiger partial charge in [0.05, 0.1) is 11.6 Å². The number of benzene rings is 2. The van der Waals surface area contributed by atoms with E-state index in [0.717, 1.165) is 18.4 Å². The van der Waals surface area contributed by atoms with Crippen LogP contribution in [0.15, 0.2) is 48.5 Å². The molecule has 6 nitrogen and oxygen atoms in total. The van der Waals surface area contributed by atoms with Crippen LogP contribution < -0.4 is 11.1 Å². The Morgan fingerprint density at radius 2 is 1.90 bits per heavy atom. The number of rotatable bonds is 5. The highest BCUT2D eigenvalue weighted by molar-refractivity contribution is 5.94. The number of urea groups is 1. The van der Waals surface area contributed by atoms with Crippen molar-refractivity contribution in [1.82, 2.24) is 10.2 Å². The molecule has 29 heavy (non-hydrogen) atoms. The minimum absolute atomic E-state index is 0.0423. The third-order valence-electron chi connectivity index (χ3n) is 5.40. The fourth-order valence-electron chi connectivity index (χ4n) is 3.91. The van der Waals surface area contributed by atoms with E-state index < -0.39 is 6.03 Å². The minimum Gasteiger partial charge on any atom is -0.352 e. The number of amides is 3. The van der Waals surface area contributed by atoms with E-state index in [0.29, 0.717) is 36.6 Å². The SMILES string of the molecule is CC(Cc1cccc(C(=O)N2CCC(c3ccc(C#N)cc3)CC2)c1)NC(N)=O. The summed E-state index contributed by atoms with van der Waals surface area (Å²) in [5.74, 6) is 0.458. The van der Waals surface area contributed by atoms with E-state index in [1.165, 1.54) is 5.56 Å². The Hall–Kier alpha value is -3.33. The van der Waals surface area contributed by atoms with Crippen LogP contribution >= 0.6 is 0 Å². The zero-order valence-corrected chi connectivity index (χ0v) is 16.6. The van der Waals surface area contributed by atoms with Gasteiger partial charge >= 0.3 is 6.03 Å². The van der Waals surface area contributed by atoms with Gasteiger partial charge in [0.15, 0.2) is 0 Å². The summed E-state index contributed by atoms with van der Waals surface area (Å²) in [5.41, 5.74) is 8.73. The molecule has 1 atom stereocenters. The van der Waals surface area contributed by atoms with Gasteiger partial charge in [0.25, 0.3) is 5.91 Å². The number of likely N-dealkylation sites (tertiary alicyclic amines) is 1. The van der Waals surface area contributed by atoms with Crippen molar-refractivity contribution in [1.29, 1.82) is 5.26 Å². The second-order valence-corrected chi connectivity index (χ2v) is 7.61. The fourth-order valence-corrected chi connectivity index (χ4v) is 3.91. The van der Waals surface area contributed by atoms with E-state index in [-0.39, 0.29) is 11.9 Å². The number of carbonyl (C=O) groups excluding carboxylic acids is 2. The number of piperidine rings is 1. The van der Waals surface area contributed by atoms with Crippen LogP contribution in [0.2, 0.25) is 0 Å². The summed E-state index contributed by atoms with van der Waals surface area (Å²) in [5, 5.41) is 11.6. The van der Waals surface area contributed by atoms with Gasteiger partial charge in [-0.15, -0.1) is 0 Å². The summed E-state index contributed by atoms with van der Waals surface area (Å²) in [6.45, 7) is 3.31. The average molecular weight is 390 g/mol. The van der Waals surface area contributed by atoms with Crippen molar-refractivity contribution in [2.45, 2.75) is 38.1 Å². The standard InChI is InChI=1S/C23H26N4O2/c1-16(26-23(25)29)13-18-3-2-4-21(14-18)22(28)27-11-9-20(10-12-27)19-7-5-17(15-24)6-8-19/h2-8,14,16,20H,9-13H2,1H3,(H3,25,26,29). The van der Waals surface area contributed by atoms with Gasteiger partial charge in [-0.3, -0.25) is 4.79 Å². The molecule has 1 aliphatic rings. The lowest BCUT2D eigenvalue weighted by Crippen LogP contribution is -2.38. The van der Waals surface area contributed by atoms with Crippen LogP contribution in [-0.4, -0.2) is 36.0 Å². The van der Waals surface area contributed by atoms with Gasteiger partial charge in [-0.25, -0.2) is 4.79 Å². The molecule has 6 heteroatoms. The first-order chi connectivity index (χ1) is 14.0. The third kappa shape index (κ3) is 5.35. The molecule has 2 aromatic rings. The lowest BCUT2D eigenvalue weighted by molar-refractivity contribution is 0.0713. The monoisotopic (exact) mass is 390 g/mol. The number of nitrogens with zero attached hydrogens (tertiary/aromatic N) is 2. The smallest absolute Gasteiger partial charge is 0.312 e. The van der Waals surface area contributed by atoms with Gasteiger partial charge in [-0.1, -0.05) is 24.3 Å². The van der Waals surface area contributed by atoms with Gasteiger partial charge in [0, 0.05) is 24.7 Å². The summed E-state index contributed by atoms with van der Waals surface area (Å²) in [7, 11) is 0. The number of carbonyl (C=O) groups is 2. The average Bonchev–Trinajstić information content (AvgIpc) is 2.73. The van der Waals surface area contributed by atoms with Crippen LogP contribution in [0.3, 0.4) is 0 Å². The van der Waals surface area contributed by atoms with Crippen molar-refractivity contribution in [3.8, 4) is 6.07 Å². The van der Waals surface area contributed by atoms with Crippen molar-refractivity contribution in [2.24, 2.45) is 5.73 Å². The maximum Gasteiger partial charge on any atom is 0.312 e. The number of nitrogens with two attached hydrogens (primary N) is 1. The Kier molecular flexibility index (Phi) is 6.50. The first-order valence-corrected chi connectivity index (χ1v) is 9.90. The molecule has 1 aliphatic heterocycles. The van der Waals surface area contributed by atoms with Crippen LogP contribution in [0.1, 0.15) is 52.7 Å². The molecule has 3 amide bonds. The Balaban J connectivity index is 1.59. The predicted molar refractivity (Wildman–Crippen MR) is 111 cm³/mol. The van der Waals surface area contributed by atoms with Crippen molar-refractivity contribution < 1.29 is 9.59 Å². The highest BCUT2D eigenvalue weighted by Crippen LogP contribution is 2.29. The molecule has 150 valence electrons. The Bertz CT molecular complexity index is 909. The van der Waals surface area contributed by atoms with E-state index in [2.05, 4.69) is 11.4 Å². The third-order valence-corrected chi connectivity index (χ3v) is 5.40. The van der Waals surface area contributed by atoms with Gasteiger partial charge in [-0.05, 0) is 67.5 Å². The molecule has 2 aromatic carbocycles. The van der Waals surface area contributed by atoms with E-state index in [9.17, 15) is 9.59 Å². The molecular weight excluding hydrogens is 364 g/mol. The molecule has 1 unspecified atom stereocenters. The molecule has 0 radical (unpaired) electrons. The van der Waals surface area contributed by atoms with Gasteiger partial charge in [0.2, 0.25) is 0 Å². The maximum absolute atomic E-state index is 12.9. The van der Waals surface area contributed by atoms with E-state index in [1.54, 1.807) is 0 Å². The lowest BCUT2D eigenvalue weighted by Gasteiger charge is -2.32. The number of nitrogens with one attached hydrogen (secondary N) is 1. The summed E-state index contributed by atoms with van der Waals surface area (Å²) in [6, 6.07) is 16.8. The Morgan fingerprint density at radius 1 is 1.21 bits per heavy atom. The summed E-state index contributed by atoms with van der Waals surface area (Å²) < 4.78 is 0. The number of hydrogen-bond donors (Lipinski definition) is 2. The second kappa shape index (κ2) is 9.24. The minimum atomic E-state index is -0.546. The normalized spacial score (nSPS) is 15.4. The highest BCUT2D eigenvalue weighted by atomic mass is 16.2. The van der Waals surface area contributed by atoms with Crippen molar-refractivity contribution in [3.63, 3.8) is 0 Å². The quantitative estimate of drug-likeness (QED) is 0.820. The molecule has 0 bridgehead atoms. The predicted octanol–water partition coefficient (Wildman–Crippen LogP) is 3.18. The maximum atomic E-state index is 12.9. The molecule has 0 spiro atoms. The van der Waals surface area contributed by atoms with Crippen LogP contribution in [0.4, 0.5) is 4.79 Å². The molecular formula is C23H26N4O2. The molecule has 0 aromatic heterocycles. The van der Waals surface area contributed by atoms with Gasteiger partial charge < -0.3 is 16.0 Å². The molecule has 3 N–H and O–H groups in total. The molecule has 3 rings (SSSR count). The van der Waals surface area contributed by atoms with Crippen molar-refractivity contribution >= 4 is 11.9 Å². The van der Waals surface area contributed by atoms with Crippen LogP contribution in [-0.2, 0) is 6.42 Å². The summed E-state index contributed by atoms with van der Waals surface area (Å²) >= 11 is 0. The number of nitriles is 1. The van der Waals surface area contributed by atoms with Crippen LogP contribution in [0.25, 0.3) is 0 Å². The highest BCUT2D eigenvalue weighted by Gasteiger charge is 2.24. The van der Waals surface area contributed by atoms with Crippen LogP contribution in [0, 0.1) is 11.3 Å². The summed E-state index contributed by atoms with van der Waals surface area (Å²) in [6.07, 6.45) is 2.44. The van der Waals surface area contributed by atoms with E-state index in [4.69, 9.17) is 11.0 Å². The molecule has 1 saturated heterocycles. The van der Waals surface area contributed by atoms with Gasteiger partial charge in [0.1, 0.15) is 0 Å². The zero-order valence-electron chi connectivity index (χ0n) is 16.6. The number of hydrogen-bond acceptors (Lipinski definition) is 3. The van der Waals surface area contributed by atoms with E-state index >= 15 is 0 Å². The fraction of sp³-hybridized carbons (Fsp3) is 0.348. The molecule has 0 aliphatic carbocycles. The first-order valence-electron chi connectivity index (χ1n) is 9.90. The zero-order chi connectivity index (χ0) is 20.8.